The van der Waals surface area contributed by atoms with E-state index in [1.54, 1.807) is 0 Å². The summed E-state index contributed by atoms with van der Waals surface area (Å²) in [5.41, 5.74) is -2.67. The molecular weight excluding hydrogens is 408 g/mol. The predicted molar refractivity (Wildman–Crippen MR) is 109 cm³/mol. The molecule has 1 aliphatic carbocycles. The minimum atomic E-state index is -2.67. The number of rotatable bonds is 11. The highest BCUT2D eigenvalue weighted by Crippen LogP contribution is 2.32. The number of carbonyl (C=O) groups is 4. The van der Waals surface area contributed by atoms with Crippen LogP contribution in [0.25, 0.3) is 0 Å². The van der Waals surface area contributed by atoms with Crippen LogP contribution in [0.1, 0.15) is 32.6 Å². The molecule has 1 amide bonds. The minimum Gasteiger partial charge on any atom is -0.479 e. The zero-order valence-corrected chi connectivity index (χ0v) is 17.6. The van der Waals surface area contributed by atoms with E-state index in [2.05, 4.69) is 10.6 Å². The third-order valence-electron chi connectivity index (χ3n) is 5.27. The Morgan fingerprint density at radius 3 is 2.19 bits per heavy atom. The number of amides is 1. The molecule has 1 saturated carbocycles. The molecular formula is C21H28N2O8. The van der Waals surface area contributed by atoms with Crippen molar-refractivity contribution in [1.82, 2.24) is 10.6 Å². The summed E-state index contributed by atoms with van der Waals surface area (Å²) < 4.78 is 10.6. The second-order valence-corrected chi connectivity index (χ2v) is 7.54. The Morgan fingerprint density at radius 1 is 1.06 bits per heavy atom. The van der Waals surface area contributed by atoms with E-state index < -0.39 is 41.9 Å². The topological polar surface area (TPSA) is 151 Å². The van der Waals surface area contributed by atoms with Crippen molar-refractivity contribution in [2.24, 2.45) is 11.8 Å². The summed E-state index contributed by atoms with van der Waals surface area (Å²) in [4.78, 5) is 48.1. The number of ether oxygens (including phenoxy) is 2. The van der Waals surface area contributed by atoms with E-state index in [9.17, 15) is 24.3 Å². The highest BCUT2D eigenvalue weighted by Gasteiger charge is 2.49. The SMILES string of the molecule is CNCC1CCC(C(=O)NC(Oc2ccccc2OCC(=O)O)(C(C)=O)C(=O)O)CC1. The fourth-order valence-electron chi connectivity index (χ4n) is 3.58. The summed E-state index contributed by atoms with van der Waals surface area (Å²) in [7, 11) is 1.86. The highest BCUT2D eigenvalue weighted by atomic mass is 16.6. The first-order valence-corrected chi connectivity index (χ1v) is 10.0. The summed E-state index contributed by atoms with van der Waals surface area (Å²) in [6.45, 7) is 1.15. The van der Waals surface area contributed by atoms with Crippen LogP contribution in [0, 0.1) is 11.8 Å². The Labute approximate surface area is 179 Å². The Hall–Kier alpha value is -3.14. The van der Waals surface area contributed by atoms with Crippen molar-refractivity contribution in [3.8, 4) is 11.5 Å². The Balaban J connectivity index is 2.22. The van der Waals surface area contributed by atoms with E-state index in [-0.39, 0.29) is 11.5 Å². The van der Waals surface area contributed by atoms with Gasteiger partial charge in [-0.3, -0.25) is 9.59 Å². The van der Waals surface area contributed by atoms with Gasteiger partial charge in [0, 0.05) is 12.8 Å². The van der Waals surface area contributed by atoms with Crippen molar-refractivity contribution >= 4 is 23.6 Å². The molecule has 1 aromatic carbocycles. The quantitative estimate of drug-likeness (QED) is 0.294. The average molecular weight is 436 g/mol. The molecule has 0 aliphatic heterocycles. The average Bonchev–Trinajstić information content (AvgIpc) is 2.72. The Kier molecular flexibility index (Phi) is 8.38. The standard InChI is InChI=1S/C21H28N2O8/c1-13(24)21(20(28)29,23-19(27)15-9-7-14(8-10-15)11-22-2)31-17-6-4-3-5-16(17)30-12-18(25)26/h3-6,14-15,22H,7-12H2,1-2H3,(H,23,27)(H,25,26)(H,28,29). The lowest BCUT2D eigenvalue weighted by atomic mass is 9.81. The van der Waals surface area contributed by atoms with Crippen LogP contribution in [-0.4, -0.2) is 59.8 Å². The van der Waals surface area contributed by atoms with Gasteiger partial charge in [-0.2, -0.15) is 0 Å². The predicted octanol–water partition coefficient (Wildman–Crippen LogP) is 1.04. The van der Waals surface area contributed by atoms with Gasteiger partial charge in [-0.15, -0.1) is 0 Å². The van der Waals surface area contributed by atoms with E-state index in [1.165, 1.54) is 24.3 Å². The molecule has 0 spiro atoms. The van der Waals surface area contributed by atoms with Crippen LogP contribution in [0.15, 0.2) is 24.3 Å². The maximum Gasteiger partial charge on any atom is 0.378 e. The number of nitrogens with one attached hydrogen (secondary N) is 2. The number of benzene rings is 1. The highest BCUT2D eigenvalue weighted by molar-refractivity contribution is 6.08. The Bertz CT molecular complexity index is 803. The van der Waals surface area contributed by atoms with Gasteiger partial charge in [-0.1, -0.05) is 12.1 Å². The number of aliphatic carboxylic acids is 2. The van der Waals surface area contributed by atoms with Crippen molar-refractivity contribution in [2.45, 2.75) is 38.3 Å². The maximum atomic E-state index is 12.8. The van der Waals surface area contributed by atoms with Crippen molar-refractivity contribution < 1.29 is 38.9 Å². The molecule has 0 bridgehead atoms. The number of para-hydroxylation sites is 2. The second-order valence-electron chi connectivity index (χ2n) is 7.54. The number of carbonyl (C=O) groups excluding carboxylic acids is 2. The molecule has 0 radical (unpaired) electrons. The van der Waals surface area contributed by atoms with Crippen molar-refractivity contribution in [3.05, 3.63) is 24.3 Å². The number of hydrogen-bond donors (Lipinski definition) is 4. The molecule has 10 heteroatoms. The van der Waals surface area contributed by atoms with Crippen molar-refractivity contribution in [3.63, 3.8) is 0 Å². The van der Waals surface area contributed by atoms with Gasteiger partial charge in [0.1, 0.15) is 0 Å². The Morgan fingerprint density at radius 2 is 1.68 bits per heavy atom. The first kappa shape index (κ1) is 24.1. The molecule has 0 heterocycles. The number of carboxylic acids is 2. The zero-order valence-electron chi connectivity index (χ0n) is 17.6. The molecule has 1 aromatic rings. The van der Waals surface area contributed by atoms with Crippen LogP contribution in [-0.2, 0) is 19.2 Å². The maximum absolute atomic E-state index is 12.8. The fraction of sp³-hybridized carbons (Fsp3) is 0.524. The third kappa shape index (κ3) is 6.17. The van der Waals surface area contributed by atoms with Crippen LogP contribution in [0.5, 0.6) is 11.5 Å². The molecule has 0 saturated heterocycles. The molecule has 0 aromatic heterocycles. The van der Waals surface area contributed by atoms with E-state index in [0.29, 0.717) is 18.8 Å². The summed E-state index contributed by atoms with van der Waals surface area (Å²) in [5, 5.41) is 24.0. The van der Waals surface area contributed by atoms with Gasteiger partial charge in [0.2, 0.25) is 11.7 Å². The molecule has 31 heavy (non-hydrogen) atoms. The molecule has 10 nitrogen and oxygen atoms in total. The van der Waals surface area contributed by atoms with Gasteiger partial charge >= 0.3 is 17.7 Å². The van der Waals surface area contributed by atoms with Gasteiger partial charge in [-0.25, -0.2) is 9.59 Å². The van der Waals surface area contributed by atoms with Crippen LogP contribution < -0.4 is 20.1 Å². The van der Waals surface area contributed by atoms with Gasteiger partial charge in [-0.05, 0) is 57.3 Å². The monoisotopic (exact) mass is 436 g/mol. The van der Waals surface area contributed by atoms with Crippen LogP contribution in [0.3, 0.4) is 0 Å². The summed E-state index contributed by atoms with van der Waals surface area (Å²) in [6.07, 6.45) is 2.77. The van der Waals surface area contributed by atoms with Gasteiger partial charge in [0.05, 0.1) is 0 Å². The smallest absolute Gasteiger partial charge is 0.378 e. The third-order valence-corrected chi connectivity index (χ3v) is 5.27. The molecule has 1 atom stereocenters. The van der Waals surface area contributed by atoms with E-state index in [1.807, 2.05) is 7.05 Å². The lowest BCUT2D eigenvalue weighted by Gasteiger charge is -2.33. The molecule has 1 aliphatic rings. The van der Waals surface area contributed by atoms with E-state index >= 15 is 0 Å². The first-order valence-electron chi connectivity index (χ1n) is 10.0. The van der Waals surface area contributed by atoms with Gasteiger partial charge in [0.25, 0.3) is 0 Å². The molecule has 2 rings (SSSR count). The van der Waals surface area contributed by atoms with E-state index in [0.717, 1.165) is 26.3 Å². The van der Waals surface area contributed by atoms with Crippen LogP contribution >= 0.6 is 0 Å². The van der Waals surface area contributed by atoms with Crippen LogP contribution in [0.2, 0.25) is 0 Å². The lowest BCUT2D eigenvalue weighted by Crippen LogP contribution is -2.64. The number of carboxylic acid groups (broad SMARTS) is 2. The van der Waals surface area contributed by atoms with Crippen molar-refractivity contribution in [1.29, 1.82) is 0 Å². The van der Waals surface area contributed by atoms with Gasteiger partial charge < -0.3 is 30.3 Å². The molecule has 1 unspecified atom stereocenters. The molecule has 1 fully saturated rings. The molecule has 170 valence electrons. The largest absolute Gasteiger partial charge is 0.479 e. The summed E-state index contributed by atoms with van der Waals surface area (Å²) in [6, 6.07) is 5.73. The number of Topliss-reactive ketones (excluding diaryl/α,β-unsaturated/α-hetero) is 1. The lowest BCUT2D eigenvalue weighted by molar-refractivity contribution is -0.168. The van der Waals surface area contributed by atoms with Gasteiger partial charge in [0.15, 0.2) is 18.1 Å². The number of hydrogen-bond acceptors (Lipinski definition) is 7. The second kappa shape index (κ2) is 10.8. The van der Waals surface area contributed by atoms with E-state index in [4.69, 9.17) is 14.6 Å². The summed E-state index contributed by atoms with van der Waals surface area (Å²) in [5.74, 6) is -4.69. The van der Waals surface area contributed by atoms with Crippen LogP contribution in [0.4, 0.5) is 0 Å². The summed E-state index contributed by atoms with van der Waals surface area (Å²) >= 11 is 0. The van der Waals surface area contributed by atoms with Crippen molar-refractivity contribution in [2.75, 3.05) is 20.2 Å². The first-order chi connectivity index (χ1) is 14.7. The minimum absolute atomic E-state index is 0.0707. The molecule has 4 N–H and O–H groups in total. The fourth-order valence-corrected chi connectivity index (χ4v) is 3.58. The number of ketones is 1. The normalized spacial score (nSPS) is 20.2. The zero-order chi connectivity index (χ0) is 23.0.